The zero-order chi connectivity index (χ0) is 16.8. The molecule has 2 N–H and O–H groups in total. The van der Waals surface area contributed by atoms with Gasteiger partial charge in [-0.2, -0.15) is 0 Å². The lowest BCUT2D eigenvalue weighted by molar-refractivity contribution is -0.134. The van der Waals surface area contributed by atoms with Gasteiger partial charge >= 0.3 is 0 Å². The molecule has 1 fully saturated rings. The summed E-state index contributed by atoms with van der Waals surface area (Å²) in [5.74, 6) is 1.05. The first-order chi connectivity index (χ1) is 11.1. The van der Waals surface area contributed by atoms with Crippen LogP contribution >= 0.6 is 0 Å². The SMILES string of the molecule is CNC(=O)C[C@H]1C(=O)NCCN1Cc1ccc(OC)c(OC)c1. The van der Waals surface area contributed by atoms with Crippen molar-refractivity contribution in [3.8, 4) is 11.5 Å². The Kier molecular flexibility index (Phi) is 5.81. The molecule has 1 aromatic rings. The summed E-state index contributed by atoms with van der Waals surface area (Å²) in [7, 11) is 4.75. The Bertz CT molecular complexity index is 576. The highest BCUT2D eigenvalue weighted by atomic mass is 16.5. The van der Waals surface area contributed by atoms with Gasteiger partial charge in [0.15, 0.2) is 11.5 Å². The molecule has 126 valence electrons. The minimum atomic E-state index is -0.461. The molecule has 2 rings (SSSR count). The smallest absolute Gasteiger partial charge is 0.237 e. The van der Waals surface area contributed by atoms with Gasteiger partial charge in [-0.1, -0.05) is 6.07 Å². The van der Waals surface area contributed by atoms with Crippen molar-refractivity contribution >= 4 is 11.8 Å². The first kappa shape index (κ1) is 17.1. The Morgan fingerprint density at radius 3 is 2.74 bits per heavy atom. The van der Waals surface area contributed by atoms with Crippen LogP contribution in [0.4, 0.5) is 0 Å². The zero-order valence-electron chi connectivity index (χ0n) is 13.7. The minimum Gasteiger partial charge on any atom is -0.493 e. The number of nitrogens with zero attached hydrogens (tertiary/aromatic N) is 1. The molecule has 0 radical (unpaired) electrons. The highest BCUT2D eigenvalue weighted by Gasteiger charge is 2.31. The van der Waals surface area contributed by atoms with E-state index in [-0.39, 0.29) is 18.2 Å². The molecule has 0 bridgehead atoms. The molecule has 1 heterocycles. The molecule has 1 aliphatic heterocycles. The number of piperazine rings is 1. The molecule has 1 saturated heterocycles. The number of hydrogen-bond acceptors (Lipinski definition) is 5. The molecule has 0 saturated carbocycles. The van der Waals surface area contributed by atoms with Crippen LogP contribution in [-0.2, 0) is 16.1 Å². The van der Waals surface area contributed by atoms with E-state index < -0.39 is 6.04 Å². The second-order valence-corrected chi connectivity index (χ2v) is 5.34. The monoisotopic (exact) mass is 321 g/mol. The standard InChI is InChI=1S/C16H23N3O4/c1-17-15(20)9-12-16(21)18-6-7-19(12)10-11-4-5-13(22-2)14(8-11)23-3/h4-5,8,12H,6-7,9-10H2,1-3H3,(H,17,20)(H,18,21)/t12-/m0/s1. The van der Waals surface area contributed by atoms with Gasteiger partial charge in [0.2, 0.25) is 11.8 Å². The number of ether oxygens (including phenoxy) is 2. The topological polar surface area (TPSA) is 79.9 Å². The van der Waals surface area contributed by atoms with Crippen LogP contribution in [0, 0.1) is 0 Å². The third-order valence-electron chi connectivity index (χ3n) is 3.93. The van der Waals surface area contributed by atoms with E-state index in [2.05, 4.69) is 10.6 Å². The van der Waals surface area contributed by atoms with Crippen LogP contribution in [0.5, 0.6) is 11.5 Å². The van der Waals surface area contributed by atoms with Gasteiger partial charge in [-0.15, -0.1) is 0 Å². The molecule has 1 aromatic carbocycles. The summed E-state index contributed by atoms with van der Waals surface area (Å²) in [5, 5.41) is 5.38. The molecule has 7 heteroatoms. The van der Waals surface area contributed by atoms with Crippen LogP contribution in [0.2, 0.25) is 0 Å². The Hall–Kier alpha value is -2.28. The van der Waals surface area contributed by atoms with Crippen LogP contribution in [-0.4, -0.2) is 57.1 Å². The van der Waals surface area contributed by atoms with Gasteiger partial charge in [0.25, 0.3) is 0 Å². The predicted molar refractivity (Wildman–Crippen MR) is 85.4 cm³/mol. The molecule has 2 amide bonds. The van der Waals surface area contributed by atoms with Gasteiger partial charge < -0.3 is 20.1 Å². The van der Waals surface area contributed by atoms with Crippen LogP contribution in [0.15, 0.2) is 18.2 Å². The Balaban J connectivity index is 2.15. The summed E-state index contributed by atoms with van der Waals surface area (Å²) < 4.78 is 10.5. The number of benzene rings is 1. The van der Waals surface area contributed by atoms with E-state index in [1.807, 2.05) is 23.1 Å². The molecule has 1 aliphatic rings. The maximum Gasteiger partial charge on any atom is 0.237 e. The lowest BCUT2D eigenvalue weighted by atomic mass is 10.1. The average Bonchev–Trinajstić information content (AvgIpc) is 2.57. The van der Waals surface area contributed by atoms with E-state index in [0.717, 1.165) is 5.56 Å². The van der Waals surface area contributed by atoms with Crippen LogP contribution in [0.3, 0.4) is 0 Å². The van der Waals surface area contributed by atoms with Crippen molar-refractivity contribution in [3.05, 3.63) is 23.8 Å². The minimum absolute atomic E-state index is 0.111. The van der Waals surface area contributed by atoms with Crippen molar-refractivity contribution in [2.24, 2.45) is 0 Å². The Morgan fingerprint density at radius 1 is 1.35 bits per heavy atom. The average molecular weight is 321 g/mol. The summed E-state index contributed by atoms with van der Waals surface area (Å²) in [4.78, 5) is 25.8. The molecular formula is C16H23N3O4. The molecular weight excluding hydrogens is 298 g/mol. The lowest BCUT2D eigenvalue weighted by Crippen LogP contribution is -2.55. The fraction of sp³-hybridized carbons (Fsp3) is 0.500. The van der Waals surface area contributed by atoms with Crippen LogP contribution < -0.4 is 20.1 Å². The van der Waals surface area contributed by atoms with Gasteiger partial charge in [-0.3, -0.25) is 14.5 Å². The predicted octanol–water partition coefficient (Wildman–Crippen LogP) is 0.140. The maximum atomic E-state index is 12.1. The van der Waals surface area contributed by atoms with Crippen molar-refractivity contribution in [3.63, 3.8) is 0 Å². The number of nitrogens with one attached hydrogen (secondary N) is 2. The largest absolute Gasteiger partial charge is 0.493 e. The molecule has 0 aromatic heterocycles. The third kappa shape index (κ3) is 4.13. The van der Waals surface area contributed by atoms with Crippen LogP contribution in [0.25, 0.3) is 0 Å². The number of rotatable bonds is 6. The fourth-order valence-corrected chi connectivity index (χ4v) is 2.66. The molecule has 1 atom stereocenters. The van der Waals surface area contributed by atoms with Crippen molar-refractivity contribution in [1.82, 2.24) is 15.5 Å². The van der Waals surface area contributed by atoms with Gasteiger partial charge in [0.1, 0.15) is 0 Å². The molecule has 0 aliphatic carbocycles. The second-order valence-electron chi connectivity index (χ2n) is 5.34. The number of methoxy groups -OCH3 is 2. The number of amides is 2. The first-order valence-corrected chi connectivity index (χ1v) is 7.52. The zero-order valence-corrected chi connectivity index (χ0v) is 13.7. The Labute approximate surface area is 135 Å². The first-order valence-electron chi connectivity index (χ1n) is 7.52. The van der Waals surface area contributed by atoms with E-state index in [0.29, 0.717) is 31.1 Å². The van der Waals surface area contributed by atoms with Gasteiger partial charge in [0.05, 0.1) is 26.7 Å². The number of carbonyl (C=O) groups is 2. The van der Waals surface area contributed by atoms with Crippen molar-refractivity contribution in [1.29, 1.82) is 0 Å². The van der Waals surface area contributed by atoms with Gasteiger partial charge in [-0.05, 0) is 17.7 Å². The maximum absolute atomic E-state index is 12.1. The third-order valence-corrected chi connectivity index (χ3v) is 3.93. The van der Waals surface area contributed by atoms with E-state index in [9.17, 15) is 9.59 Å². The summed E-state index contributed by atoms with van der Waals surface area (Å²) >= 11 is 0. The highest BCUT2D eigenvalue weighted by Crippen LogP contribution is 2.28. The molecule has 23 heavy (non-hydrogen) atoms. The Morgan fingerprint density at radius 2 is 2.09 bits per heavy atom. The van der Waals surface area contributed by atoms with Crippen molar-refractivity contribution < 1.29 is 19.1 Å². The van der Waals surface area contributed by atoms with E-state index in [4.69, 9.17) is 9.47 Å². The second kappa shape index (κ2) is 7.82. The fourth-order valence-electron chi connectivity index (χ4n) is 2.66. The molecule has 0 spiro atoms. The van der Waals surface area contributed by atoms with Crippen molar-refractivity contribution in [2.75, 3.05) is 34.4 Å². The van der Waals surface area contributed by atoms with E-state index in [1.54, 1.807) is 21.3 Å². The van der Waals surface area contributed by atoms with E-state index in [1.165, 1.54) is 0 Å². The summed E-state index contributed by atoms with van der Waals surface area (Å²) in [6.07, 6.45) is 0.148. The van der Waals surface area contributed by atoms with Crippen LogP contribution in [0.1, 0.15) is 12.0 Å². The molecule has 7 nitrogen and oxygen atoms in total. The highest BCUT2D eigenvalue weighted by molar-refractivity contribution is 5.88. The van der Waals surface area contributed by atoms with Gasteiger partial charge in [-0.25, -0.2) is 0 Å². The summed E-state index contributed by atoms with van der Waals surface area (Å²) in [5.41, 5.74) is 0.999. The van der Waals surface area contributed by atoms with Gasteiger partial charge in [0, 0.05) is 26.7 Å². The summed E-state index contributed by atoms with van der Waals surface area (Å²) in [6, 6.07) is 5.20. The van der Waals surface area contributed by atoms with E-state index >= 15 is 0 Å². The summed E-state index contributed by atoms with van der Waals surface area (Å²) in [6.45, 7) is 1.84. The van der Waals surface area contributed by atoms with Crippen molar-refractivity contribution in [2.45, 2.75) is 19.0 Å². The lowest BCUT2D eigenvalue weighted by Gasteiger charge is -2.34. The quantitative estimate of drug-likeness (QED) is 0.779. The number of carbonyl (C=O) groups excluding carboxylic acids is 2. The number of hydrogen-bond donors (Lipinski definition) is 2. The molecule has 0 unspecified atom stereocenters. The normalized spacial score (nSPS) is 18.2.